The number of benzene rings is 2. The van der Waals surface area contributed by atoms with Crippen LogP contribution in [0.15, 0.2) is 54.6 Å². The number of carbonyl (C=O) groups excluding carboxylic acids is 1. The van der Waals surface area contributed by atoms with Gasteiger partial charge in [0.2, 0.25) is 5.91 Å². The molecule has 2 N–H and O–H groups in total. The predicted molar refractivity (Wildman–Crippen MR) is 94.1 cm³/mol. The van der Waals surface area contributed by atoms with Gasteiger partial charge in [-0.05, 0) is 30.7 Å². The fraction of sp³-hybridized carbons (Fsp3) is 0.263. The maximum Gasteiger partial charge on any atom is 0.304 e. The molecule has 24 heavy (non-hydrogen) atoms. The van der Waals surface area contributed by atoms with Crippen molar-refractivity contribution in [3.63, 3.8) is 0 Å². The van der Waals surface area contributed by atoms with Crippen molar-refractivity contribution in [3.05, 3.63) is 65.7 Å². The molecule has 5 nitrogen and oxygen atoms in total. The number of likely N-dealkylation sites (N-methyl/N-ethyl adjacent to an activating group) is 1. The first-order valence-electron chi connectivity index (χ1n) is 7.86. The van der Waals surface area contributed by atoms with Gasteiger partial charge in [-0.15, -0.1) is 0 Å². The van der Waals surface area contributed by atoms with Crippen LogP contribution in [0, 0.1) is 0 Å². The quantitative estimate of drug-likeness (QED) is 0.782. The molecule has 0 aromatic heterocycles. The number of carboxylic acids is 1. The van der Waals surface area contributed by atoms with Crippen LogP contribution in [0.2, 0.25) is 0 Å². The Labute approximate surface area is 141 Å². The lowest BCUT2D eigenvalue weighted by molar-refractivity contribution is -0.137. The molecule has 5 heteroatoms. The summed E-state index contributed by atoms with van der Waals surface area (Å²) in [4.78, 5) is 24.4. The Morgan fingerprint density at radius 2 is 1.71 bits per heavy atom. The molecule has 0 aliphatic rings. The maximum atomic E-state index is 12.2. The minimum atomic E-state index is -0.865. The topological polar surface area (TPSA) is 69.6 Å². The number of hydrogen-bond donors (Lipinski definition) is 2. The lowest BCUT2D eigenvalue weighted by Crippen LogP contribution is -2.32. The smallest absolute Gasteiger partial charge is 0.304 e. The van der Waals surface area contributed by atoms with Crippen molar-refractivity contribution in [2.75, 3.05) is 25.5 Å². The third-order valence-corrected chi connectivity index (χ3v) is 3.65. The Morgan fingerprint density at radius 1 is 1.04 bits per heavy atom. The van der Waals surface area contributed by atoms with Gasteiger partial charge in [0.1, 0.15) is 0 Å². The summed E-state index contributed by atoms with van der Waals surface area (Å²) in [6.07, 6.45) is 0.764. The van der Waals surface area contributed by atoms with E-state index in [1.54, 1.807) is 11.9 Å². The molecule has 126 valence electrons. The van der Waals surface area contributed by atoms with E-state index in [-0.39, 0.29) is 18.9 Å². The second-order valence-corrected chi connectivity index (χ2v) is 5.75. The van der Waals surface area contributed by atoms with E-state index in [9.17, 15) is 9.59 Å². The highest BCUT2D eigenvalue weighted by molar-refractivity contribution is 5.93. The van der Waals surface area contributed by atoms with Crippen LogP contribution in [-0.2, 0) is 16.0 Å². The van der Waals surface area contributed by atoms with Gasteiger partial charge in [-0.25, -0.2) is 0 Å². The number of anilines is 1. The van der Waals surface area contributed by atoms with Crippen LogP contribution in [0.4, 0.5) is 5.69 Å². The van der Waals surface area contributed by atoms with Crippen molar-refractivity contribution >= 4 is 17.6 Å². The van der Waals surface area contributed by atoms with Gasteiger partial charge in [-0.3, -0.25) is 14.5 Å². The molecule has 2 aromatic rings. The molecular weight excluding hydrogens is 304 g/mol. The van der Waals surface area contributed by atoms with Crippen LogP contribution < -0.4 is 5.32 Å². The molecule has 0 atom stereocenters. The predicted octanol–water partition coefficient (Wildman–Crippen LogP) is 2.62. The van der Waals surface area contributed by atoms with E-state index in [2.05, 4.69) is 17.4 Å². The Balaban J connectivity index is 1.97. The first-order chi connectivity index (χ1) is 11.5. The van der Waals surface area contributed by atoms with Gasteiger partial charge in [0.15, 0.2) is 0 Å². The molecule has 0 bridgehead atoms. The zero-order chi connectivity index (χ0) is 17.4. The largest absolute Gasteiger partial charge is 0.481 e. The first-order valence-corrected chi connectivity index (χ1v) is 7.86. The SMILES string of the molecule is CN(CCC(=O)O)CC(=O)Nc1ccccc1Cc1ccccc1. The number of rotatable bonds is 8. The van der Waals surface area contributed by atoms with Crippen molar-refractivity contribution < 1.29 is 14.7 Å². The molecule has 0 aliphatic heterocycles. The molecule has 1 amide bonds. The second-order valence-electron chi connectivity index (χ2n) is 5.75. The van der Waals surface area contributed by atoms with Crippen LogP contribution in [-0.4, -0.2) is 42.0 Å². The van der Waals surface area contributed by atoms with Gasteiger partial charge >= 0.3 is 5.97 Å². The molecule has 2 aromatic carbocycles. The average Bonchev–Trinajstić information content (AvgIpc) is 2.55. The monoisotopic (exact) mass is 326 g/mol. The van der Waals surface area contributed by atoms with Crippen molar-refractivity contribution in [1.29, 1.82) is 0 Å². The number of aliphatic carboxylic acids is 1. The van der Waals surface area contributed by atoms with Gasteiger partial charge in [0.25, 0.3) is 0 Å². The van der Waals surface area contributed by atoms with E-state index in [0.717, 1.165) is 17.7 Å². The van der Waals surface area contributed by atoms with E-state index in [1.807, 2.05) is 42.5 Å². The number of nitrogens with zero attached hydrogens (tertiary/aromatic N) is 1. The highest BCUT2D eigenvalue weighted by atomic mass is 16.4. The Kier molecular flexibility index (Phi) is 6.51. The third kappa shape index (κ3) is 5.85. The number of carboxylic acid groups (broad SMARTS) is 1. The van der Waals surface area contributed by atoms with Crippen LogP contribution in [0.1, 0.15) is 17.5 Å². The van der Waals surface area contributed by atoms with Crippen molar-refractivity contribution in [3.8, 4) is 0 Å². The lowest BCUT2D eigenvalue weighted by atomic mass is 10.0. The molecule has 0 aliphatic carbocycles. The summed E-state index contributed by atoms with van der Waals surface area (Å²) < 4.78 is 0. The Morgan fingerprint density at radius 3 is 2.42 bits per heavy atom. The molecule has 0 heterocycles. The average molecular weight is 326 g/mol. The minimum Gasteiger partial charge on any atom is -0.481 e. The molecule has 0 unspecified atom stereocenters. The van der Waals surface area contributed by atoms with Gasteiger partial charge in [0, 0.05) is 12.2 Å². The van der Waals surface area contributed by atoms with Gasteiger partial charge < -0.3 is 10.4 Å². The first kappa shape index (κ1) is 17.7. The molecule has 0 fully saturated rings. The van der Waals surface area contributed by atoms with E-state index in [4.69, 9.17) is 5.11 Å². The van der Waals surface area contributed by atoms with Crippen LogP contribution >= 0.6 is 0 Å². The number of nitrogens with one attached hydrogen (secondary N) is 1. The minimum absolute atomic E-state index is 0.0222. The number of amides is 1. The zero-order valence-electron chi connectivity index (χ0n) is 13.7. The van der Waals surface area contributed by atoms with E-state index in [1.165, 1.54) is 5.56 Å². The van der Waals surface area contributed by atoms with Gasteiger partial charge in [0.05, 0.1) is 13.0 Å². The van der Waals surface area contributed by atoms with Gasteiger partial charge in [-0.1, -0.05) is 48.5 Å². The van der Waals surface area contributed by atoms with Crippen LogP contribution in [0.5, 0.6) is 0 Å². The molecule has 0 saturated carbocycles. The molecule has 2 rings (SSSR count). The highest BCUT2D eigenvalue weighted by Gasteiger charge is 2.10. The molecule has 0 radical (unpaired) electrons. The lowest BCUT2D eigenvalue weighted by Gasteiger charge is -2.16. The normalized spacial score (nSPS) is 10.6. The van der Waals surface area contributed by atoms with E-state index in [0.29, 0.717) is 6.54 Å². The van der Waals surface area contributed by atoms with E-state index >= 15 is 0 Å². The summed E-state index contributed by atoms with van der Waals surface area (Å²) in [5.41, 5.74) is 3.01. The number of para-hydroxylation sites is 1. The summed E-state index contributed by atoms with van der Waals surface area (Å²) in [6, 6.07) is 17.8. The summed E-state index contributed by atoms with van der Waals surface area (Å²) >= 11 is 0. The van der Waals surface area contributed by atoms with Crippen LogP contribution in [0.3, 0.4) is 0 Å². The fourth-order valence-electron chi connectivity index (χ4n) is 2.41. The van der Waals surface area contributed by atoms with Crippen molar-refractivity contribution in [2.45, 2.75) is 12.8 Å². The van der Waals surface area contributed by atoms with Gasteiger partial charge in [-0.2, -0.15) is 0 Å². The standard InChI is InChI=1S/C19H22N2O3/c1-21(12-11-19(23)24)14-18(22)20-17-10-6-5-9-16(17)13-15-7-3-2-4-8-15/h2-10H,11-14H2,1H3,(H,20,22)(H,23,24). The highest BCUT2D eigenvalue weighted by Crippen LogP contribution is 2.19. The third-order valence-electron chi connectivity index (χ3n) is 3.65. The fourth-order valence-corrected chi connectivity index (χ4v) is 2.41. The molecule has 0 spiro atoms. The Hall–Kier alpha value is -2.66. The number of carbonyl (C=O) groups is 2. The summed E-state index contributed by atoms with van der Waals surface area (Å²) in [7, 11) is 1.73. The second kappa shape index (κ2) is 8.84. The summed E-state index contributed by atoms with van der Waals surface area (Å²) in [5.74, 6) is -1.01. The molecule has 0 saturated heterocycles. The maximum absolute atomic E-state index is 12.2. The summed E-state index contributed by atoms with van der Waals surface area (Å²) in [6.45, 7) is 0.501. The van der Waals surface area contributed by atoms with Crippen molar-refractivity contribution in [2.24, 2.45) is 0 Å². The van der Waals surface area contributed by atoms with Crippen molar-refractivity contribution in [1.82, 2.24) is 4.90 Å². The van der Waals surface area contributed by atoms with Crippen LogP contribution in [0.25, 0.3) is 0 Å². The summed E-state index contributed by atoms with van der Waals surface area (Å²) in [5, 5.41) is 11.6. The zero-order valence-corrected chi connectivity index (χ0v) is 13.7. The Bertz CT molecular complexity index is 686. The van der Waals surface area contributed by atoms with E-state index < -0.39 is 5.97 Å². The molecular formula is C19H22N2O3. The number of hydrogen-bond acceptors (Lipinski definition) is 3.